The van der Waals surface area contributed by atoms with Crippen LogP contribution >= 0.6 is 24.8 Å². The van der Waals surface area contributed by atoms with Crippen molar-refractivity contribution in [1.82, 2.24) is 14.5 Å². The van der Waals surface area contributed by atoms with E-state index in [1.54, 1.807) is 6.20 Å². The fourth-order valence-electron chi connectivity index (χ4n) is 2.38. The minimum atomic E-state index is -0.0113. The predicted octanol–water partition coefficient (Wildman–Crippen LogP) is 2.24. The van der Waals surface area contributed by atoms with Crippen LogP contribution in [0.5, 0.6) is 0 Å². The maximum absolute atomic E-state index is 6.26. The first kappa shape index (κ1) is 15.2. The molecule has 0 atom stereocenters. The Morgan fingerprint density at radius 2 is 2.11 bits per heavy atom. The lowest BCUT2D eigenvalue weighted by atomic mass is 9.75. The molecule has 3 rings (SSSR count). The first-order valence-corrected chi connectivity index (χ1v) is 5.72. The molecule has 6 heteroatoms. The molecule has 2 aromatic heterocycles. The number of fused-ring (bicyclic) bond motifs is 1. The van der Waals surface area contributed by atoms with Crippen LogP contribution in [-0.2, 0) is 13.5 Å². The molecular weight excluding hydrogens is 271 g/mol. The van der Waals surface area contributed by atoms with E-state index in [4.69, 9.17) is 5.73 Å². The van der Waals surface area contributed by atoms with Gasteiger partial charge in [0.15, 0.2) is 0 Å². The number of hydrogen-bond donors (Lipinski definition) is 1. The number of halogens is 2. The highest BCUT2D eigenvalue weighted by atomic mass is 35.5. The van der Waals surface area contributed by atoms with Crippen molar-refractivity contribution >= 4 is 35.8 Å². The van der Waals surface area contributed by atoms with E-state index >= 15 is 0 Å². The molecular formula is C12H18Cl2N4. The van der Waals surface area contributed by atoms with E-state index in [1.165, 1.54) is 6.42 Å². The number of imidazole rings is 1. The molecule has 1 aliphatic carbocycles. The number of aromatic nitrogens is 3. The van der Waals surface area contributed by atoms with Crippen molar-refractivity contribution in [2.45, 2.75) is 31.2 Å². The molecule has 2 aromatic rings. The Kier molecular flexibility index (Phi) is 4.59. The highest BCUT2D eigenvalue weighted by Crippen LogP contribution is 2.32. The summed E-state index contributed by atoms with van der Waals surface area (Å²) in [6, 6.07) is 2.00. The molecule has 2 N–H and O–H groups in total. The van der Waals surface area contributed by atoms with E-state index in [1.807, 2.05) is 19.3 Å². The average molecular weight is 289 g/mol. The van der Waals surface area contributed by atoms with Gasteiger partial charge in [-0.3, -0.25) is 4.98 Å². The second-order valence-electron chi connectivity index (χ2n) is 4.84. The quantitative estimate of drug-likeness (QED) is 0.922. The summed E-state index contributed by atoms with van der Waals surface area (Å²) in [6.45, 7) is 0. The van der Waals surface area contributed by atoms with Crippen LogP contribution in [0.1, 0.15) is 25.1 Å². The third kappa shape index (κ3) is 2.46. The van der Waals surface area contributed by atoms with Gasteiger partial charge in [-0.15, -0.1) is 24.8 Å². The monoisotopic (exact) mass is 288 g/mol. The smallest absolute Gasteiger partial charge is 0.111 e. The van der Waals surface area contributed by atoms with Gasteiger partial charge in [0.2, 0.25) is 0 Å². The number of hydrogen-bond acceptors (Lipinski definition) is 3. The minimum Gasteiger partial charge on any atom is -0.331 e. The van der Waals surface area contributed by atoms with Crippen LogP contribution in [0.25, 0.3) is 11.0 Å². The van der Waals surface area contributed by atoms with Gasteiger partial charge in [-0.1, -0.05) is 0 Å². The molecule has 0 radical (unpaired) electrons. The maximum atomic E-state index is 6.26. The van der Waals surface area contributed by atoms with Gasteiger partial charge in [0.05, 0.1) is 11.7 Å². The van der Waals surface area contributed by atoms with Crippen LogP contribution < -0.4 is 5.73 Å². The number of nitrogens with zero attached hydrogens (tertiary/aromatic N) is 3. The van der Waals surface area contributed by atoms with Gasteiger partial charge < -0.3 is 10.3 Å². The third-order valence-corrected chi connectivity index (χ3v) is 3.64. The molecule has 0 aromatic carbocycles. The van der Waals surface area contributed by atoms with Crippen molar-refractivity contribution in [2.75, 3.05) is 0 Å². The average Bonchev–Trinajstić information content (AvgIpc) is 2.55. The molecule has 100 valence electrons. The van der Waals surface area contributed by atoms with Gasteiger partial charge in [0.25, 0.3) is 0 Å². The van der Waals surface area contributed by atoms with Crippen molar-refractivity contribution in [3.63, 3.8) is 0 Å². The summed E-state index contributed by atoms with van der Waals surface area (Å²) in [4.78, 5) is 8.69. The summed E-state index contributed by atoms with van der Waals surface area (Å²) in [5.74, 6) is 1.07. The molecule has 0 saturated heterocycles. The Morgan fingerprint density at radius 3 is 2.67 bits per heavy atom. The number of rotatable bonds is 2. The molecule has 1 aliphatic rings. The van der Waals surface area contributed by atoms with E-state index in [0.717, 1.165) is 36.1 Å². The van der Waals surface area contributed by atoms with Crippen LogP contribution in [0.15, 0.2) is 18.5 Å². The molecule has 1 fully saturated rings. The SMILES string of the molecule is Cl.Cl.Cn1c(CC2(N)CCC2)nc2cnccc21. The predicted molar refractivity (Wildman–Crippen MR) is 77.5 cm³/mol. The molecule has 0 spiro atoms. The van der Waals surface area contributed by atoms with Gasteiger partial charge in [0.1, 0.15) is 11.3 Å². The molecule has 0 amide bonds. The normalized spacial score (nSPS) is 16.6. The van der Waals surface area contributed by atoms with Gasteiger partial charge in [-0.05, 0) is 25.3 Å². The van der Waals surface area contributed by atoms with Crippen molar-refractivity contribution < 1.29 is 0 Å². The number of aryl methyl sites for hydroxylation is 1. The van der Waals surface area contributed by atoms with Crippen molar-refractivity contribution in [3.05, 3.63) is 24.3 Å². The zero-order valence-electron chi connectivity index (χ0n) is 10.3. The summed E-state index contributed by atoms with van der Waals surface area (Å²) < 4.78 is 2.13. The zero-order chi connectivity index (χ0) is 11.2. The van der Waals surface area contributed by atoms with E-state index in [9.17, 15) is 0 Å². The molecule has 0 unspecified atom stereocenters. The van der Waals surface area contributed by atoms with E-state index in [0.29, 0.717) is 0 Å². The number of pyridine rings is 1. The summed E-state index contributed by atoms with van der Waals surface area (Å²) in [7, 11) is 2.05. The third-order valence-electron chi connectivity index (χ3n) is 3.64. The van der Waals surface area contributed by atoms with Crippen molar-refractivity contribution in [3.8, 4) is 0 Å². The molecule has 1 saturated carbocycles. The van der Waals surface area contributed by atoms with Crippen LogP contribution in [0, 0.1) is 0 Å². The van der Waals surface area contributed by atoms with Gasteiger partial charge in [-0.2, -0.15) is 0 Å². The van der Waals surface area contributed by atoms with Crippen molar-refractivity contribution in [1.29, 1.82) is 0 Å². The standard InChI is InChI=1S/C12H16N4.2ClH/c1-16-10-3-6-14-8-9(10)15-11(16)7-12(13)4-2-5-12;;/h3,6,8H,2,4-5,7,13H2,1H3;2*1H. The Balaban J connectivity index is 0.000000810. The van der Waals surface area contributed by atoms with Gasteiger partial charge in [0, 0.05) is 25.2 Å². The molecule has 2 heterocycles. The van der Waals surface area contributed by atoms with E-state index < -0.39 is 0 Å². The van der Waals surface area contributed by atoms with E-state index in [2.05, 4.69) is 14.5 Å². The van der Waals surface area contributed by atoms with Gasteiger partial charge >= 0.3 is 0 Å². The molecule has 4 nitrogen and oxygen atoms in total. The lowest BCUT2D eigenvalue weighted by Crippen LogP contribution is -2.48. The summed E-state index contributed by atoms with van der Waals surface area (Å²) >= 11 is 0. The molecule has 0 bridgehead atoms. The Hall–Kier alpha value is -0.840. The fraction of sp³-hybridized carbons (Fsp3) is 0.500. The Bertz CT molecular complexity index is 534. The lowest BCUT2D eigenvalue weighted by molar-refractivity contribution is 0.242. The van der Waals surface area contributed by atoms with Crippen molar-refractivity contribution in [2.24, 2.45) is 12.8 Å². The van der Waals surface area contributed by atoms with Gasteiger partial charge in [-0.25, -0.2) is 4.98 Å². The highest BCUT2D eigenvalue weighted by Gasteiger charge is 2.34. The minimum absolute atomic E-state index is 0. The molecule has 18 heavy (non-hydrogen) atoms. The fourth-order valence-corrected chi connectivity index (χ4v) is 2.38. The van der Waals surface area contributed by atoms with Crippen LogP contribution in [0.4, 0.5) is 0 Å². The first-order valence-electron chi connectivity index (χ1n) is 5.72. The maximum Gasteiger partial charge on any atom is 0.111 e. The number of nitrogens with two attached hydrogens (primary N) is 1. The van der Waals surface area contributed by atoms with Crippen LogP contribution in [-0.4, -0.2) is 20.1 Å². The zero-order valence-corrected chi connectivity index (χ0v) is 11.9. The Labute approximate surface area is 119 Å². The topological polar surface area (TPSA) is 56.7 Å². The summed E-state index contributed by atoms with van der Waals surface area (Å²) in [6.07, 6.45) is 7.97. The van der Waals surface area contributed by atoms with Crippen LogP contribution in [0.2, 0.25) is 0 Å². The second kappa shape index (κ2) is 5.43. The van der Waals surface area contributed by atoms with Crippen LogP contribution in [0.3, 0.4) is 0 Å². The second-order valence-corrected chi connectivity index (χ2v) is 4.84. The first-order chi connectivity index (χ1) is 7.68. The largest absolute Gasteiger partial charge is 0.331 e. The van der Waals surface area contributed by atoms with E-state index in [-0.39, 0.29) is 30.4 Å². The molecule has 0 aliphatic heterocycles. The Morgan fingerprint density at radius 1 is 1.39 bits per heavy atom. The summed E-state index contributed by atoms with van der Waals surface area (Å²) in [5.41, 5.74) is 8.34. The summed E-state index contributed by atoms with van der Waals surface area (Å²) in [5, 5.41) is 0. The lowest BCUT2D eigenvalue weighted by Gasteiger charge is -2.37. The highest BCUT2D eigenvalue weighted by molar-refractivity contribution is 5.85.